The molecule has 1 N–H and O–H groups in total. The molecule has 100 valence electrons. The van der Waals surface area contributed by atoms with Gasteiger partial charge in [-0.1, -0.05) is 34.1 Å². The third-order valence-electron chi connectivity index (χ3n) is 3.64. The van der Waals surface area contributed by atoms with Gasteiger partial charge in [0.25, 0.3) is 0 Å². The molecule has 2 aromatic rings. The first-order valence-electron chi connectivity index (χ1n) is 6.66. The van der Waals surface area contributed by atoms with Crippen LogP contribution in [0.3, 0.4) is 0 Å². The van der Waals surface area contributed by atoms with Gasteiger partial charge >= 0.3 is 0 Å². The number of halogens is 1. The molecule has 1 unspecified atom stereocenters. The molecule has 0 amide bonds. The van der Waals surface area contributed by atoms with Crippen molar-refractivity contribution in [3.63, 3.8) is 0 Å². The highest BCUT2D eigenvalue weighted by molar-refractivity contribution is 9.10. The first kappa shape index (κ1) is 13.3. The van der Waals surface area contributed by atoms with Gasteiger partial charge in [0, 0.05) is 14.9 Å². The van der Waals surface area contributed by atoms with Crippen LogP contribution in [0.1, 0.15) is 17.0 Å². The van der Waals surface area contributed by atoms with Gasteiger partial charge in [-0.2, -0.15) is 0 Å². The van der Waals surface area contributed by atoms with E-state index >= 15 is 0 Å². The van der Waals surface area contributed by atoms with Crippen molar-refractivity contribution < 1.29 is 0 Å². The van der Waals surface area contributed by atoms with Crippen LogP contribution >= 0.6 is 27.3 Å². The molecule has 3 rings (SSSR count). The Balaban J connectivity index is 1.90. The van der Waals surface area contributed by atoms with Crippen molar-refractivity contribution in [1.82, 2.24) is 10.3 Å². The fourth-order valence-corrected chi connectivity index (χ4v) is 4.52. The minimum atomic E-state index is 0.769. The van der Waals surface area contributed by atoms with E-state index in [0.29, 0.717) is 0 Å². The molecule has 2 nitrogen and oxygen atoms in total. The number of hydrogen-bond donors (Lipinski definition) is 1. The second kappa shape index (κ2) is 5.73. The number of fused-ring (bicyclic) bond motifs is 1. The van der Waals surface area contributed by atoms with Gasteiger partial charge in [0.05, 0.1) is 5.69 Å². The SMILES string of the molecule is CNCC1CCc2nc(-c3ccccc3Br)sc2C1. The molecule has 19 heavy (non-hydrogen) atoms. The van der Waals surface area contributed by atoms with Gasteiger partial charge in [-0.3, -0.25) is 0 Å². The molecule has 1 aliphatic carbocycles. The van der Waals surface area contributed by atoms with Gasteiger partial charge in [0.15, 0.2) is 0 Å². The van der Waals surface area contributed by atoms with Crippen LogP contribution in [0.25, 0.3) is 10.6 Å². The molecule has 1 aromatic carbocycles. The summed E-state index contributed by atoms with van der Waals surface area (Å²) in [6, 6.07) is 8.34. The van der Waals surface area contributed by atoms with Gasteiger partial charge in [0.2, 0.25) is 0 Å². The number of nitrogens with one attached hydrogen (secondary N) is 1. The fourth-order valence-electron chi connectivity index (χ4n) is 2.66. The molecule has 0 aliphatic heterocycles. The quantitative estimate of drug-likeness (QED) is 0.919. The summed E-state index contributed by atoms with van der Waals surface area (Å²) in [5, 5.41) is 4.45. The molecule has 1 heterocycles. The van der Waals surface area contributed by atoms with Crippen molar-refractivity contribution in [2.24, 2.45) is 5.92 Å². The lowest BCUT2D eigenvalue weighted by molar-refractivity contribution is 0.441. The molecule has 1 atom stereocenters. The van der Waals surface area contributed by atoms with Gasteiger partial charge in [-0.25, -0.2) is 4.98 Å². The number of nitrogens with zero attached hydrogens (tertiary/aromatic N) is 1. The van der Waals surface area contributed by atoms with Crippen molar-refractivity contribution in [2.45, 2.75) is 19.3 Å². The number of rotatable bonds is 3. The van der Waals surface area contributed by atoms with E-state index in [4.69, 9.17) is 4.98 Å². The molecular weight excluding hydrogens is 320 g/mol. The van der Waals surface area contributed by atoms with Crippen LogP contribution < -0.4 is 5.32 Å². The van der Waals surface area contributed by atoms with E-state index in [0.717, 1.165) is 28.4 Å². The number of thiazole rings is 1. The number of benzene rings is 1. The van der Waals surface area contributed by atoms with E-state index in [9.17, 15) is 0 Å². The second-order valence-corrected chi connectivity index (χ2v) is 6.97. The van der Waals surface area contributed by atoms with Crippen LogP contribution in [0.15, 0.2) is 28.7 Å². The van der Waals surface area contributed by atoms with Crippen LogP contribution in [-0.2, 0) is 12.8 Å². The zero-order valence-electron chi connectivity index (χ0n) is 10.9. The predicted molar refractivity (Wildman–Crippen MR) is 84.7 cm³/mol. The summed E-state index contributed by atoms with van der Waals surface area (Å²) in [5.74, 6) is 0.769. The normalized spacial score (nSPS) is 18.3. The van der Waals surface area contributed by atoms with Gasteiger partial charge in [-0.05, 0) is 44.8 Å². The Bertz CT molecular complexity index is 579. The molecular formula is C15H17BrN2S. The maximum atomic E-state index is 4.84. The Morgan fingerprint density at radius 2 is 2.26 bits per heavy atom. The largest absolute Gasteiger partial charge is 0.319 e. The van der Waals surface area contributed by atoms with Gasteiger partial charge in [0.1, 0.15) is 5.01 Å². The predicted octanol–water partition coefficient (Wildman–Crippen LogP) is 3.90. The Labute approximate surface area is 126 Å². The molecule has 0 radical (unpaired) electrons. The number of aryl methyl sites for hydroxylation is 1. The average Bonchev–Trinajstić information content (AvgIpc) is 2.82. The van der Waals surface area contributed by atoms with E-state index in [1.807, 2.05) is 24.5 Å². The zero-order valence-corrected chi connectivity index (χ0v) is 13.4. The lowest BCUT2D eigenvalue weighted by atomic mass is 9.91. The third-order valence-corrected chi connectivity index (χ3v) is 5.48. The maximum absolute atomic E-state index is 4.84. The lowest BCUT2D eigenvalue weighted by Crippen LogP contribution is -2.24. The smallest absolute Gasteiger partial charge is 0.125 e. The van der Waals surface area contributed by atoms with Crippen molar-refractivity contribution in [3.8, 4) is 10.6 Å². The molecule has 1 aliphatic rings. The summed E-state index contributed by atoms with van der Waals surface area (Å²) in [6.07, 6.45) is 3.56. The number of aromatic nitrogens is 1. The fraction of sp³-hybridized carbons (Fsp3) is 0.400. The van der Waals surface area contributed by atoms with E-state index < -0.39 is 0 Å². The highest BCUT2D eigenvalue weighted by Gasteiger charge is 2.22. The summed E-state index contributed by atoms with van der Waals surface area (Å²) in [4.78, 5) is 6.33. The van der Waals surface area contributed by atoms with Crippen LogP contribution in [0, 0.1) is 5.92 Å². The van der Waals surface area contributed by atoms with Crippen molar-refractivity contribution in [1.29, 1.82) is 0 Å². The summed E-state index contributed by atoms with van der Waals surface area (Å²) < 4.78 is 1.13. The minimum absolute atomic E-state index is 0.769. The minimum Gasteiger partial charge on any atom is -0.319 e. The highest BCUT2D eigenvalue weighted by Crippen LogP contribution is 2.36. The second-order valence-electron chi connectivity index (χ2n) is 5.04. The van der Waals surface area contributed by atoms with Crippen molar-refractivity contribution >= 4 is 27.3 Å². The molecule has 0 saturated carbocycles. The van der Waals surface area contributed by atoms with Crippen LogP contribution in [-0.4, -0.2) is 18.6 Å². The molecule has 1 aromatic heterocycles. The van der Waals surface area contributed by atoms with Crippen LogP contribution in [0.4, 0.5) is 0 Å². The maximum Gasteiger partial charge on any atom is 0.125 e. The topological polar surface area (TPSA) is 24.9 Å². The highest BCUT2D eigenvalue weighted by atomic mass is 79.9. The molecule has 4 heteroatoms. The van der Waals surface area contributed by atoms with Gasteiger partial charge in [-0.15, -0.1) is 11.3 Å². The Morgan fingerprint density at radius 1 is 1.42 bits per heavy atom. The zero-order chi connectivity index (χ0) is 13.2. The molecule has 0 bridgehead atoms. The van der Waals surface area contributed by atoms with Crippen LogP contribution in [0.2, 0.25) is 0 Å². The Morgan fingerprint density at radius 3 is 3.05 bits per heavy atom. The number of hydrogen-bond acceptors (Lipinski definition) is 3. The summed E-state index contributed by atoms with van der Waals surface area (Å²) in [5.41, 5.74) is 2.54. The summed E-state index contributed by atoms with van der Waals surface area (Å²) in [6.45, 7) is 1.11. The van der Waals surface area contributed by atoms with E-state index in [1.54, 1.807) is 0 Å². The first-order chi connectivity index (χ1) is 9.28. The standard InChI is InChI=1S/C15H17BrN2S/c1-17-9-10-6-7-13-14(8-10)19-15(18-13)11-4-2-3-5-12(11)16/h2-5,10,17H,6-9H2,1H3. The average molecular weight is 337 g/mol. The lowest BCUT2D eigenvalue weighted by Gasteiger charge is -2.20. The Kier molecular flexibility index (Phi) is 4.01. The molecule has 0 saturated heterocycles. The van der Waals surface area contributed by atoms with E-state index in [-0.39, 0.29) is 0 Å². The van der Waals surface area contributed by atoms with Crippen molar-refractivity contribution in [3.05, 3.63) is 39.3 Å². The first-order valence-corrected chi connectivity index (χ1v) is 8.27. The third kappa shape index (κ3) is 2.76. The van der Waals surface area contributed by atoms with E-state index in [2.05, 4.69) is 39.4 Å². The van der Waals surface area contributed by atoms with Crippen LogP contribution in [0.5, 0.6) is 0 Å². The summed E-state index contributed by atoms with van der Waals surface area (Å²) in [7, 11) is 2.04. The molecule has 0 spiro atoms. The monoisotopic (exact) mass is 336 g/mol. The van der Waals surface area contributed by atoms with Gasteiger partial charge < -0.3 is 5.32 Å². The summed E-state index contributed by atoms with van der Waals surface area (Å²) >= 11 is 5.48. The molecule has 0 fully saturated rings. The Hall–Kier alpha value is -0.710. The van der Waals surface area contributed by atoms with E-state index in [1.165, 1.54) is 29.0 Å². The van der Waals surface area contributed by atoms with Crippen molar-refractivity contribution in [2.75, 3.05) is 13.6 Å².